The van der Waals surface area contributed by atoms with Gasteiger partial charge in [0.15, 0.2) is 5.82 Å². The zero-order chi connectivity index (χ0) is 31.2. The summed E-state index contributed by atoms with van der Waals surface area (Å²) in [6.07, 6.45) is 4.49. The van der Waals surface area contributed by atoms with E-state index >= 15 is 0 Å². The van der Waals surface area contributed by atoms with Gasteiger partial charge in [-0.15, -0.1) is 0 Å². The van der Waals surface area contributed by atoms with Crippen LogP contribution in [0.15, 0.2) is 35.5 Å². The number of dihydropyridines is 1. The van der Waals surface area contributed by atoms with Crippen molar-refractivity contribution in [3.05, 3.63) is 41.1 Å². The van der Waals surface area contributed by atoms with Gasteiger partial charge in [0.05, 0.1) is 30.0 Å². The highest BCUT2D eigenvalue weighted by Gasteiger charge is 2.43. The molecule has 0 aliphatic carbocycles. The van der Waals surface area contributed by atoms with Gasteiger partial charge in [-0.1, -0.05) is 0 Å². The summed E-state index contributed by atoms with van der Waals surface area (Å²) < 4.78 is 23.7. The van der Waals surface area contributed by atoms with Crippen LogP contribution in [0.25, 0.3) is 0 Å². The van der Waals surface area contributed by atoms with Gasteiger partial charge in [-0.3, -0.25) is 0 Å². The molecule has 4 aliphatic rings. The predicted octanol–water partition coefficient (Wildman–Crippen LogP) is 5.31. The lowest BCUT2D eigenvalue weighted by atomic mass is 9.87. The first kappa shape index (κ1) is 31.0. The van der Waals surface area contributed by atoms with Crippen LogP contribution in [0.2, 0.25) is 0 Å². The van der Waals surface area contributed by atoms with Crippen molar-refractivity contribution in [2.45, 2.75) is 91.6 Å². The average Bonchev–Trinajstić information content (AvgIpc) is 3.09. The van der Waals surface area contributed by atoms with E-state index in [9.17, 15) is 9.59 Å². The lowest BCUT2D eigenvalue weighted by molar-refractivity contribution is 0.0190. The number of carbonyl (C=O) groups is 2. The van der Waals surface area contributed by atoms with Gasteiger partial charge in [0.25, 0.3) is 0 Å². The number of anilines is 2. The molecule has 0 radical (unpaired) electrons. The molecule has 2 amide bonds. The highest BCUT2D eigenvalue weighted by molar-refractivity contribution is 5.94. The van der Waals surface area contributed by atoms with E-state index in [4.69, 9.17) is 23.9 Å². The molecule has 0 unspecified atom stereocenters. The molecule has 5 rings (SSSR count). The lowest BCUT2D eigenvalue weighted by Gasteiger charge is -2.41. The maximum atomic E-state index is 14.0. The molecular weight excluding hydrogens is 550 g/mol. The van der Waals surface area contributed by atoms with Gasteiger partial charge in [0.2, 0.25) is 0 Å². The zero-order valence-electron chi connectivity index (χ0n) is 26.9. The Kier molecular flexibility index (Phi) is 8.32. The first-order valence-electron chi connectivity index (χ1n) is 15.3. The fourth-order valence-electron chi connectivity index (χ4n) is 5.98. The van der Waals surface area contributed by atoms with Crippen molar-refractivity contribution in [2.75, 3.05) is 49.2 Å². The monoisotopic (exact) mass is 597 g/mol. The maximum Gasteiger partial charge on any atom is 0.420 e. The standard InChI is InChI=1S/C32H47N5O6/c1-30(2,3)42-28(38)36-13-10-21(11-14-36)23-19-25-26(32(7,8)34-23)41-20-22-24(35-15-17-40-18-16-35)9-12-33-27(22)37(25)29(39)43-31(4,5)6/h9,12,19,21,34H,10-11,13-18,20H2,1-8H3. The average molecular weight is 598 g/mol. The van der Waals surface area contributed by atoms with Crippen LogP contribution in [0, 0.1) is 5.92 Å². The largest absolute Gasteiger partial charge is 0.488 e. The quantitative estimate of drug-likeness (QED) is 0.485. The lowest BCUT2D eigenvalue weighted by Crippen LogP contribution is -2.50. The molecular formula is C32H47N5O6. The van der Waals surface area contributed by atoms with Crippen molar-refractivity contribution in [3.63, 3.8) is 0 Å². The summed E-state index contributed by atoms with van der Waals surface area (Å²) in [5.41, 5.74) is 1.56. The Morgan fingerprint density at radius 3 is 2.23 bits per heavy atom. The van der Waals surface area contributed by atoms with E-state index in [-0.39, 0.29) is 18.6 Å². The normalized spacial score (nSPS) is 21.1. The molecule has 11 heteroatoms. The SMILES string of the molecule is CC(C)(C)OC(=O)N1CCC(C2=CC3=C(OCc4c(N5CCOCC5)ccnc4N3C(=O)OC(C)(C)C)C(C)(C)N2)CC1. The summed E-state index contributed by atoms with van der Waals surface area (Å²) in [6, 6.07) is 1.98. The van der Waals surface area contributed by atoms with Crippen molar-refractivity contribution in [1.29, 1.82) is 0 Å². The number of amides is 2. The molecule has 1 N–H and O–H groups in total. The predicted molar refractivity (Wildman–Crippen MR) is 164 cm³/mol. The molecule has 0 saturated carbocycles. The minimum Gasteiger partial charge on any atom is -0.488 e. The third kappa shape index (κ3) is 6.87. The van der Waals surface area contributed by atoms with Crippen LogP contribution in [0.5, 0.6) is 0 Å². The first-order valence-corrected chi connectivity index (χ1v) is 15.3. The zero-order valence-corrected chi connectivity index (χ0v) is 26.9. The van der Waals surface area contributed by atoms with Gasteiger partial charge < -0.3 is 34.1 Å². The summed E-state index contributed by atoms with van der Waals surface area (Å²) >= 11 is 0. The van der Waals surface area contributed by atoms with Crippen LogP contribution in [0.3, 0.4) is 0 Å². The van der Waals surface area contributed by atoms with Gasteiger partial charge in [0, 0.05) is 49.7 Å². The number of allylic oxidation sites excluding steroid dienone is 2. The number of hydrogen-bond acceptors (Lipinski definition) is 9. The molecule has 4 aliphatic heterocycles. The fraction of sp³-hybridized carbons (Fsp3) is 0.656. The number of rotatable bonds is 2. The third-order valence-electron chi connectivity index (χ3n) is 7.89. The van der Waals surface area contributed by atoms with Crippen LogP contribution in [0.1, 0.15) is 73.8 Å². The number of pyridine rings is 1. The van der Waals surface area contributed by atoms with E-state index in [2.05, 4.69) is 24.1 Å². The smallest absolute Gasteiger partial charge is 0.420 e. The Morgan fingerprint density at radius 1 is 0.977 bits per heavy atom. The van der Waals surface area contributed by atoms with Crippen LogP contribution in [-0.4, -0.2) is 78.2 Å². The molecule has 11 nitrogen and oxygen atoms in total. The van der Waals surface area contributed by atoms with Crippen molar-refractivity contribution in [1.82, 2.24) is 15.2 Å². The Balaban J connectivity index is 1.51. The number of carbonyl (C=O) groups excluding carboxylic acids is 2. The van der Waals surface area contributed by atoms with Crippen molar-refractivity contribution in [2.24, 2.45) is 5.92 Å². The summed E-state index contributed by atoms with van der Waals surface area (Å²) in [4.78, 5) is 37.1. The minimum absolute atomic E-state index is 0.155. The molecule has 2 fully saturated rings. The molecule has 0 spiro atoms. The molecule has 1 aromatic rings. The Morgan fingerprint density at radius 2 is 1.60 bits per heavy atom. The van der Waals surface area contributed by atoms with E-state index < -0.39 is 22.8 Å². The number of aromatic nitrogens is 1. The van der Waals surface area contributed by atoms with E-state index in [1.165, 1.54) is 0 Å². The second-order valence-electron chi connectivity index (χ2n) is 14.1. The Labute approximate surface area is 255 Å². The topological polar surface area (TPSA) is 106 Å². The molecule has 1 aromatic heterocycles. The molecule has 236 valence electrons. The summed E-state index contributed by atoms with van der Waals surface area (Å²) in [5.74, 6) is 1.32. The van der Waals surface area contributed by atoms with Crippen molar-refractivity contribution < 1.29 is 28.5 Å². The van der Waals surface area contributed by atoms with E-state index in [1.54, 1.807) is 16.0 Å². The maximum absolute atomic E-state index is 14.0. The van der Waals surface area contributed by atoms with Gasteiger partial charge in [-0.05, 0) is 80.4 Å². The molecule has 43 heavy (non-hydrogen) atoms. The van der Waals surface area contributed by atoms with E-state index in [0.717, 1.165) is 42.9 Å². The number of ether oxygens (including phenoxy) is 4. The highest BCUT2D eigenvalue weighted by Crippen LogP contribution is 2.42. The third-order valence-corrected chi connectivity index (χ3v) is 7.89. The second kappa shape index (κ2) is 11.6. The van der Waals surface area contributed by atoms with Gasteiger partial charge in [0.1, 0.15) is 23.6 Å². The summed E-state index contributed by atoms with van der Waals surface area (Å²) in [5, 5.41) is 3.70. The molecule has 5 heterocycles. The second-order valence-corrected chi connectivity index (χ2v) is 14.1. The number of morpholine rings is 1. The first-order chi connectivity index (χ1) is 20.1. The van der Waals surface area contributed by atoms with Gasteiger partial charge >= 0.3 is 12.2 Å². The van der Waals surface area contributed by atoms with Crippen LogP contribution >= 0.6 is 0 Å². The number of nitrogens with one attached hydrogen (secondary N) is 1. The van der Waals surface area contributed by atoms with E-state index in [1.807, 2.05) is 53.7 Å². The number of nitrogens with zero attached hydrogens (tertiary/aromatic N) is 4. The van der Waals surface area contributed by atoms with Crippen molar-refractivity contribution >= 4 is 23.7 Å². The Hall–Kier alpha value is -3.47. The van der Waals surface area contributed by atoms with E-state index in [0.29, 0.717) is 43.6 Å². The van der Waals surface area contributed by atoms with Crippen LogP contribution < -0.4 is 15.1 Å². The van der Waals surface area contributed by atoms with Crippen LogP contribution in [-0.2, 0) is 25.6 Å². The number of fused-ring (bicyclic) bond motifs is 1. The molecule has 0 bridgehead atoms. The Bertz CT molecular complexity index is 1290. The van der Waals surface area contributed by atoms with Gasteiger partial charge in [-0.25, -0.2) is 19.5 Å². The number of piperidine rings is 1. The van der Waals surface area contributed by atoms with Crippen molar-refractivity contribution in [3.8, 4) is 0 Å². The molecule has 2 saturated heterocycles. The van der Waals surface area contributed by atoms with Crippen LogP contribution in [0.4, 0.5) is 21.1 Å². The minimum atomic E-state index is -0.712. The number of likely N-dealkylation sites (tertiary alicyclic amines) is 1. The fourth-order valence-corrected chi connectivity index (χ4v) is 5.98. The molecule has 0 aromatic carbocycles. The summed E-state index contributed by atoms with van der Waals surface area (Å²) in [6.45, 7) is 19.5. The molecule has 0 atom stereocenters. The highest BCUT2D eigenvalue weighted by atomic mass is 16.6. The number of hydrogen-bond donors (Lipinski definition) is 1. The summed E-state index contributed by atoms with van der Waals surface area (Å²) in [7, 11) is 0. The van der Waals surface area contributed by atoms with Gasteiger partial charge in [-0.2, -0.15) is 0 Å².